The summed E-state index contributed by atoms with van der Waals surface area (Å²) in [5, 5.41) is 7.13. The van der Waals surface area contributed by atoms with Crippen molar-refractivity contribution in [3.8, 4) is 0 Å². The van der Waals surface area contributed by atoms with Crippen molar-refractivity contribution in [2.75, 3.05) is 6.54 Å². The molecule has 6 nitrogen and oxygen atoms in total. The maximum absolute atomic E-state index is 12.0. The number of hydrogen-bond acceptors (Lipinski definition) is 6. The van der Waals surface area contributed by atoms with E-state index >= 15 is 0 Å². The average molecular weight is 399 g/mol. The molecule has 0 bridgehead atoms. The number of aryl methyl sites for hydroxylation is 1. The van der Waals surface area contributed by atoms with Crippen LogP contribution in [0.3, 0.4) is 0 Å². The normalized spacial score (nSPS) is 10.8. The Morgan fingerprint density at radius 1 is 1.21 bits per heavy atom. The van der Waals surface area contributed by atoms with Crippen LogP contribution in [0.5, 0.6) is 0 Å². The number of rotatable bonds is 8. The van der Waals surface area contributed by atoms with Crippen molar-refractivity contribution in [3.05, 3.63) is 68.2 Å². The molecule has 28 heavy (non-hydrogen) atoms. The van der Waals surface area contributed by atoms with Gasteiger partial charge in [-0.25, -0.2) is 4.79 Å². The number of ether oxygens (including phenoxy) is 1. The number of thiophene rings is 1. The first kappa shape index (κ1) is 19.8. The molecule has 2 heterocycles. The van der Waals surface area contributed by atoms with Gasteiger partial charge in [0.2, 0.25) is 0 Å². The number of benzene rings is 1. The monoisotopic (exact) mass is 399 g/mol. The van der Waals surface area contributed by atoms with Gasteiger partial charge in [-0.1, -0.05) is 19.1 Å². The molecule has 0 unspecified atom stereocenters. The quantitative estimate of drug-likeness (QED) is 0.355. The lowest BCUT2D eigenvalue weighted by molar-refractivity contribution is -0.145. The third-order valence-electron chi connectivity index (χ3n) is 4.32. The van der Waals surface area contributed by atoms with E-state index in [-0.39, 0.29) is 24.9 Å². The zero-order chi connectivity index (χ0) is 19.9. The van der Waals surface area contributed by atoms with Crippen molar-refractivity contribution in [3.63, 3.8) is 0 Å². The lowest BCUT2D eigenvalue weighted by Crippen LogP contribution is -2.24. The van der Waals surface area contributed by atoms with Crippen LogP contribution in [0.25, 0.3) is 11.0 Å². The first-order chi connectivity index (χ1) is 13.6. The van der Waals surface area contributed by atoms with E-state index in [9.17, 15) is 14.4 Å². The predicted molar refractivity (Wildman–Crippen MR) is 108 cm³/mol. The van der Waals surface area contributed by atoms with Crippen LogP contribution in [0, 0.1) is 0 Å². The second-order valence-electron chi connectivity index (χ2n) is 6.31. The van der Waals surface area contributed by atoms with Crippen LogP contribution in [-0.2, 0) is 22.6 Å². The van der Waals surface area contributed by atoms with Crippen LogP contribution in [0.2, 0.25) is 0 Å². The minimum Gasteiger partial charge on any atom is -0.461 e. The third kappa shape index (κ3) is 5.07. The zero-order valence-electron chi connectivity index (χ0n) is 15.5. The van der Waals surface area contributed by atoms with Gasteiger partial charge in [0.15, 0.2) is 0 Å². The minimum absolute atomic E-state index is 0.00761. The fraction of sp³-hybridized carbons (Fsp3) is 0.286. The third-order valence-corrected chi connectivity index (χ3v) is 5.00. The van der Waals surface area contributed by atoms with E-state index < -0.39 is 5.63 Å². The van der Waals surface area contributed by atoms with Gasteiger partial charge < -0.3 is 14.5 Å². The van der Waals surface area contributed by atoms with Crippen LogP contribution in [0.15, 0.2) is 50.3 Å². The Balaban J connectivity index is 1.50. The summed E-state index contributed by atoms with van der Waals surface area (Å²) in [6.45, 7) is 2.42. The number of carbonyl (C=O) groups is 2. The Morgan fingerprint density at radius 2 is 2.07 bits per heavy atom. The summed E-state index contributed by atoms with van der Waals surface area (Å²) in [6.07, 6.45) is 1.50. The van der Waals surface area contributed by atoms with E-state index in [1.54, 1.807) is 11.4 Å². The fourth-order valence-electron chi connectivity index (χ4n) is 2.77. The summed E-state index contributed by atoms with van der Waals surface area (Å²) in [5.41, 5.74) is 2.33. The van der Waals surface area contributed by atoms with Crippen molar-refractivity contribution in [2.24, 2.45) is 0 Å². The highest BCUT2D eigenvalue weighted by atomic mass is 32.1. The average Bonchev–Trinajstić information content (AvgIpc) is 3.23. The van der Waals surface area contributed by atoms with Crippen LogP contribution in [-0.4, -0.2) is 18.4 Å². The molecule has 0 saturated heterocycles. The summed E-state index contributed by atoms with van der Waals surface area (Å²) in [6, 6.07) is 8.77. The van der Waals surface area contributed by atoms with E-state index in [1.807, 2.05) is 30.5 Å². The first-order valence-corrected chi connectivity index (χ1v) is 10.0. The van der Waals surface area contributed by atoms with Crippen molar-refractivity contribution >= 4 is 34.2 Å². The Labute approximate surface area is 166 Å². The Kier molecular flexibility index (Phi) is 6.60. The van der Waals surface area contributed by atoms with E-state index in [0.717, 1.165) is 17.4 Å². The fourth-order valence-corrected chi connectivity index (χ4v) is 3.41. The van der Waals surface area contributed by atoms with Gasteiger partial charge in [-0.2, -0.15) is 11.3 Å². The summed E-state index contributed by atoms with van der Waals surface area (Å²) in [7, 11) is 0. The first-order valence-electron chi connectivity index (χ1n) is 9.08. The van der Waals surface area contributed by atoms with Gasteiger partial charge in [0.25, 0.3) is 5.91 Å². The molecule has 146 valence electrons. The SMILES string of the molecule is CCc1ccc2c(COC(=O)CCCNC(=O)c3ccsc3)cc(=O)oc2c1. The van der Waals surface area contributed by atoms with E-state index in [4.69, 9.17) is 9.15 Å². The Hall–Kier alpha value is -2.93. The molecule has 3 rings (SSSR count). The van der Waals surface area contributed by atoms with Crippen LogP contribution < -0.4 is 10.9 Å². The van der Waals surface area contributed by atoms with Crippen LogP contribution in [0.4, 0.5) is 0 Å². The zero-order valence-corrected chi connectivity index (χ0v) is 16.3. The minimum atomic E-state index is -0.469. The van der Waals surface area contributed by atoms with Crippen molar-refractivity contribution in [2.45, 2.75) is 32.8 Å². The highest BCUT2D eigenvalue weighted by molar-refractivity contribution is 7.08. The molecule has 0 spiro atoms. The molecule has 2 aromatic heterocycles. The highest BCUT2D eigenvalue weighted by Crippen LogP contribution is 2.20. The van der Waals surface area contributed by atoms with Gasteiger partial charge in [0.1, 0.15) is 12.2 Å². The number of hydrogen-bond donors (Lipinski definition) is 1. The predicted octanol–water partition coefficient (Wildman–Crippen LogP) is 3.67. The lowest BCUT2D eigenvalue weighted by atomic mass is 10.1. The molecule has 0 aliphatic carbocycles. The molecule has 0 aliphatic rings. The van der Waals surface area contributed by atoms with Crippen LogP contribution in [0.1, 0.15) is 41.3 Å². The maximum Gasteiger partial charge on any atom is 0.336 e. The molecule has 0 radical (unpaired) electrons. The van der Waals surface area contributed by atoms with Gasteiger partial charge >= 0.3 is 11.6 Å². The molecule has 0 aliphatic heterocycles. The molecule has 3 aromatic rings. The molecule has 0 fully saturated rings. The second kappa shape index (κ2) is 9.32. The van der Waals surface area contributed by atoms with E-state index in [2.05, 4.69) is 5.32 Å². The molecule has 0 atom stereocenters. The summed E-state index contributed by atoms with van der Waals surface area (Å²) >= 11 is 1.46. The van der Waals surface area contributed by atoms with E-state index in [0.29, 0.717) is 29.7 Å². The number of amides is 1. The maximum atomic E-state index is 12.0. The molecule has 0 saturated carbocycles. The molecule has 7 heteroatoms. The Bertz CT molecular complexity index is 1020. The number of nitrogens with one attached hydrogen (secondary N) is 1. The topological polar surface area (TPSA) is 85.6 Å². The van der Waals surface area contributed by atoms with Gasteiger partial charge in [-0.3, -0.25) is 9.59 Å². The standard InChI is InChI=1S/C21H21NO5S/c1-2-14-5-6-17-16(11-20(24)27-18(17)10-14)12-26-19(23)4-3-8-22-21(25)15-7-9-28-13-15/h5-7,9-11,13H,2-4,8,12H2,1H3,(H,22,25). The largest absolute Gasteiger partial charge is 0.461 e. The van der Waals surface area contributed by atoms with Gasteiger partial charge in [0.05, 0.1) is 0 Å². The second-order valence-corrected chi connectivity index (χ2v) is 7.09. The molecule has 1 aromatic carbocycles. The summed E-state index contributed by atoms with van der Waals surface area (Å²) in [5.74, 6) is -0.528. The van der Waals surface area contributed by atoms with Gasteiger partial charge in [0, 0.05) is 40.9 Å². The molecular formula is C21H21NO5S. The van der Waals surface area contributed by atoms with E-state index in [1.165, 1.54) is 17.4 Å². The lowest BCUT2D eigenvalue weighted by Gasteiger charge is -2.08. The molecular weight excluding hydrogens is 378 g/mol. The summed E-state index contributed by atoms with van der Waals surface area (Å²) < 4.78 is 10.5. The van der Waals surface area contributed by atoms with Crippen molar-refractivity contribution in [1.29, 1.82) is 0 Å². The van der Waals surface area contributed by atoms with Gasteiger partial charge in [-0.05, 0) is 35.9 Å². The Morgan fingerprint density at radius 3 is 2.82 bits per heavy atom. The van der Waals surface area contributed by atoms with Crippen LogP contribution >= 0.6 is 11.3 Å². The summed E-state index contributed by atoms with van der Waals surface area (Å²) in [4.78, 5) is 35.6. The number of fused-ring (bicyclic) bond motifs is 1. The number of carbonyl (C=O) groups excluding carboxylic acids is 2. The smallest absolute Gasteiger partial charge is 0.336 e. The van der Waals surface area contributed by atoms with Crippen molar-refractivity contribution < 1.29 is 18.7 Å². The molecule has 1 N–H and O–H groups in total. The molecule has 1 amide bonds. The van der Waals surface area contributed by atoms with Crippen molar-refractivity contribution in [1.82, 2.24) is 5.32 Å². The van der Waals surface area contributed by atoms with Gasteiger partial charge in [-0.15, -0.1) is 0 Å². The highest BCUT2D eigenvalue weighted by Gasteiger charge is 2.10. The number of esters is 1.